The number of rotatable bonds is 5. The molecule has 2 aliphatic heterocycles. The van der Waals surface area contributed by atoms with Crippen molar-refractivity contribution < 1.29 is 9.32 Å². The summed E-state index contributed by atoms with van der Waals surface area (Å²) >= 11 is 6.07. The van der Waals surface area contributed by atoms with Gasteiger partial charge in [0.25, 0.3) is 0 Å². The fourth-order valence-electron chi connectivity index (χ4n) is 5.88. The van der Waals surface area contributed by atoms with Crippen LogP contribution in [-0.2, 0) is 17.2 Å². The lowest BCUT2D eigenvalue weighted by Gasteiger charge is -2.42. The van der Waals surface area contributed by atoms with Gasteiger partial charge >= 0.3 is 0 Å². The summed E-state index contributed by atoms with van der Waals surface area (Å²) in [5, 5.41) is 14.3. The van der Waals surface area contributed by atoms with E-state index in [-0.39, 0.29) is 12.1 Å². The van der Waals surface area contributed by atoms with E-state index in [4.69, 9.17) is 21.6 Å². The maximum Gasteiger partial charge on any atom is 0.227 e. The van der Waals surface area contributed by atoms with Gasteiger partial charge in [-0.05, 0) is 80.1 Å². The van der Waals surface area contributed by atoms with E-state index in [2.05, 4.69) is 28.4 Å². The van der Waals surface area contributed by atoms with E-state index in [1.165, 1.54) is 11.1 Å². The Balaban J connectivity index is 1.29. The molecule has 0 bridgehead atoms. The number of halogens is 1. The van der Waals surface area contributed by atoms with Crippen LogP contribution in [0.2, 0.25) is 5.02 Å². The van der Waals surface area contributed by atoms with Crippen LogP contribution in [0.15, 0.2) is 35.2 Å². The van der Waals surface area contributed by atoms with Gasteiger partial charge in [0.1, 0.15) is 10.7 Å². The second kappa shape index (κ2) is 8.92. The van der Waals surface area contributed by atoms with Crippen molar-refractivity contribution in [2.24, 2.45) is 11.8 Å². The molecule has 6 rings (SSSR count). The Morgan fingerprint density at radius 3 is 2.68 bits per heavy atom. The van der Waals surface area contributed by atoms with Crippen molar-refractivity contribution in [1.82, 2.24) is 9.97 Å². The van der Waals surface area contributed by atoms with E-state index in [1.54, 1.807) is 0 Å². The van der Waals surface area contributed by atoms with Crippen LogP contribution in [0, 0.1) is 11.8 Å². The summed E-state index contributed by atoms with van der Waals surface area (Å²) in [6.45, 7) is 1.89. The lowest BCUT2D eigenvalue weighted by atomic mass is 9.77. The number of fused-ring (bicyclic) bond motifs is 2. The van der Waals surface area contributed by atoms with E-state index >= 15 is 0 Å². The second-order valence-electron chi connectivity index (χ2n) is 10.3. The number of aryl methyl sites for hydroxylation is 1. The molecular weight excluding hydrogens is 468 g/mol. The van der Waals surface area contributed by atoms with Crippen molar-refractivity contribution in [2.45, 2.75) is 55.4 Å². The molecule has 0 spiro atoms. The fourth-order valence-corrected chi connectivity index (χ4v) is 7.39. The summed E-state index contributed by atoms with van der Waals surface area (Å²) in [5.41, 5.74) is 3.25. The van der Waals surface area contributed by atoms with E-state index in [1.807, 2.05) is 12.1 Å². The van der Waals surface area contributed by atoms with Gasteiger partial charge in [0.2, 0.25) is 5.95 Å². The molecule has 1 aromatic carbocycles. The summed E-state index contributed by atoms with van der Waals surface area (Å²) in [4.78, 5) is 13.0. The number of allylic oxidation sites excluding steroid dienone is 1. The van der Waals surface area contributed by atoms with Crippen molar-refractivity contribution in [1.29, 1.82) is 0 Å². The van der Waals surface area contributed by atoms with Gasteiger partial charge in [-0.25, -0.2) is 4.98 Å². The second-order valence-corrected chi connectivity index (χ2v) is 12.2. The zero-order chi connectivity index (χ0) is 23.3. The summed E-state index contributed by atoms with van der Waals surface area (Å²) in [7, 11) is -1.11. The van der Waals surface area contributed by atoms with Crippen LogP contribution in [0.4, 0.5) is 11.8 Å². The molecule has 0 radical (unpaired) electrons. The Morgan fingerprint density at radius 1 is 1.15 bits per heavy atom. The fraction of sp³-hybridized carbons (Fsp3) is 0.538. The number of aromatic nitrogens is 2. The third kappa shape index (κ3) is 4.06. The minimum Gasteiger partial charge on any atom is -0.394 e. The third-order valence-corrected chi connectivity index (χ3v) is 9.82. The van der Waals surface area contributed by atoms with E-state index < -0.39 is 10.8 Å². The number of nitrogens with zero attached hydrogens (tertiary/aromatic N) is 3. The molecule has 1 aromatic heterocycles. The highest BCUT2D eigenvalue weighted by molar-refractivity contribution is 7.85. The first kappa shape index (κ1) is 22.5. The van der Waals surface area contributed by atoms with Gasteiger partial charge in [-0.1, -0.05) is 29.8 Å². The van der Waals surface area contributed by atoms with Crippen molar-refractivity contribution in [3.8, 4) is 0 Å². The van der Waals surface area contributed by atoms with E-state index in [0.717, 1.165) is 79.6 Å². The Hall–Kier alpha value is -1.96. The Bertz CT molecular complexity index is 1140. The van der Waals surface area contributed by atoms with Gasteiger partial charge in [-0.2, -0.15) is 4.98 Å². The smallest absolute Gasteiger partial charge is 0.227 e. The summed E-state index contributed by atoms with van der Waals surface area (Å²) in [6.07, 6.45) is 9.16. The predicted octanol–water partition coefficient (Wildman–Crippen LogP) is 4.44. The maximum atomic E-state index is 13.1. The molecule has 180 valence electrons. The van der Waals surface area contributed by atoms with Gasteiger partial charge in [-0.3, -0.25) is 4.21 Å². The Kier molecular flexibility index (Phi) is 5.90. The van der Waals surface area contributed by atoms with Crippen LogP contribution in [0.1, 0.15) is 49.8 Å². The quantitative estimate of drug-likeness (QED) is 0.634. The highest BCUT2D eigenvalue weighted by Crippen LogP contribution is 2.43. The van der Waals surface area contributed by atoms with E-state index in [0.29, 0.717) is 23.4 Å². The minimum absolute atomic E-state index is 0.0693. The number of benzene rings is 1. The first-order valence-electron chi connectivity index (χ1n) is 12.4. The molecule has 3 heterocycles. The molecule has 1 saturated heterocycles. The van der Waals surface area contributed by atoms with Crippen LogP contribution in [0.25, 0.3) is 5.57 Å². The molecule has 34 heavy (non-hydrogen) atoms. The van der Waals surface area contributed by atoms with Crippen LogP contribution in [-0.4, -0.2) is 50.3 Å². The highest BCUT2D eigenvalue weighted by Gasteiger charge is 2.40. The molecule has 1 saturated carbocycles. The number of aliphatic hydroxyl groups excluding tert-OH is 1. The number of anilines is 2. The largest absolute Gasteiger partial charge is 0.394 e. The van der Waals surface area contributed by atoms with Gasteiger partial charge in [0.05, 0.1) is 28.6 Å². The SMILES string of the molecule is O=[S@@]1CCCCc2nc(N3CC4C=C(c5ccc(Cl)cc5)CC4C3)nc(NC3(CO)CCC3)c21. The average Bonchev–Trinajstić information content (AvgIpc) is 3.33. The number of hydrogen-bond donors (Lipinski definition) is 2. The van der Waals surface area contributed by atoms with Crippen LogP contribution in [0.3, 0.4) is 0 Å². The Morgan fingerprint density at radius 2 is 1.97 bits per heavy atom. The average molecular weight is 499 g/mol. The van der Waals surface area contributed by atoms with Crippen LogP contribution < -0.4 is 10.2 Å². The van der Waals surface area contributed by atoms with Gasteiger partial charge in [-0.15, -0.1) is 0 Å². The molecule has 2 unspecified atom stereocenters. The highest BCUT2D eigenvalue weighted by atomic mass is 35.5. The minimum atomic E-state index is -1.11. The molecule has 2 N–H and O–H groups in total. The van der Waals surface area contributed by atoms with Gasteiger partial charge in [0.15, 0.2) is 0 Å². The van der Waals surface area contributed by atoms with E-state index in [9.17, 15) is 9.32 Å². The Labute approximate surface area is 208 Å². The topological polar surface area (TPSA) is 78.4 Å². The maximum absolute atomic E-state index is 13.1. The van der Waals surface area contributed by atoms with Gasteiger partial charge in [0, 0.05) is 23.9 Å². The van der Waals surface area contributed by atoms with Crippen molar-refractivity contribution in [3.05, 3.63) is 46.6 Å². The summed E-state index contributed by atoms with van der Waals surface area (Å²) in [6, 6.07) is 8.14. The number of nitrogens with one attached hydrogen (secondary N) is 1. The number of aliphatic hydroxyl groups is 1. The van der Waals surface area contributed by atoms with Gasteiger partial charge < -0.3 is 15.3 Å². The predicted molar refractivity (Wildman–Crippen MR) is 137 cm³/mol. The first-order chi connectivity index (χ1) is 16.5. The summed E-state index contributed by atoms with van der Waals surface area (Å²) < 4.78 is 13.1. The molecule has 8 heteroatoms. The molecule has 2 fully saturated rings. The normalized spacial score (nSPS) is 27.4. The molecule has 2 aromatic rings. The zero-order valence-electron chi connectivity index (χ0n) is 19.3. The first-order valence-corrected chi connectivity index (χ1v) is 14.1. The molecular formula is C26H31ClN4O2S. The third-order valence-electron chi connectivity index (χ3n) is 8.03. The van der Waals surface area contributed by atoms with Crippen molar-refractivity contribution in [2.75, 3.05) is 35.7 Å². The molecule has 4 aliphatic rings. The van der Waals surface area contributed by atoms with Crippen LogP contribution in [0.5, 0.6) is 0 Å². The molecule has 0 amide bonds. The summed E-state index contributed by atoms with van der Waals surface area (Å²) in [5.74, 6) is 3.11. The molecule has 3 atom stereocenters. The lowest BCUT2D eigenvalue weighted by Crippen LogP contribution is -2.49. The molecule has 6 nitrogen and oxygen atoms in total. The molecule has 2 aliphatic carbocycles. The monoisotopic (exact) mass is 498 g/mol. The lowest BCUT2D eigenvalue weighted by molar-refractivity contribution is 0.143. The van der Waals surface area contributed by atoms with Crippen molar-refractivity contribution >= 4 is 39.7 Å². The number of hydrogen-bond acceptors (Lipinski definition) is 6. The zero-order valence-corrected chi connectivity index (χ0v) is 20.9. The van der Waals surface area contributed by atoms with Crippen molar-refractivity contribution in [3.63, 3.8) is 0 Å². The van der Waals surface area contributed by atoms with Crippen LogP contribution >= 0.6 is 11.6 Å². The standard InChI is InChI=1S/C26H31ClN4O2S/c27-21-7-5-17(6-8-21)18-12-19-14-31(15-20(19)13-18)25-28-22-4-1-2-11-34(33)23(22)24(29-25)30-26(16-32)9-3-10-26/h5-8,12,19-20,32H,1-4,9-11,13-16H2,(H,28,29,30)/t19?,20?,34-/m1/s1.